The van der Waals surface area contributed by atoms with Gasteiger partial charge in [0.05, 0.1) is 17.5 Å². The minimum Gasteiger partial charge on any atom is -0.344 e. The van der Waals surface area contributed by atoms with E-state index in [0.717, 1.165) is 5.56 Å². The SMILES string of the molecule is C[C@@H](NC(=O)c1ccc(=O)n(Cc2ccccc2)n1)c1ccc(S(N)(=O)=O)cc1. The molecule has 0 aliphatic rings. The molecule has 1 heterocycles. The quantitative estimate of drug-likeness (QED) is 0.634. The van der Waals surface area contributed by atoms with Crippen molar-refractivity contribution >= 4 is 15.9 Å². The zero-order valence-corrected chi connectivity index (χ0v) is 16.5. The minimum atomic E-state index is -3.78. The van der Waals surface area contributed by atoms with E-state index in [4.69, 9.17) is 5.14 Å². The molecule has 1 aromatic heterocycles. The average molecular weight is 412 g/mol. The van der Waals surface area contributed by atoms with E-state index in [2.05, 4.69) is 10.4 Å². The van der Waals surface area contributed by atoms with Crippen molar-refractivity contribution < 1.29 is 13.2 Å². The van der Waals surface area contributed by atoms with Crippen LogP contribution in [0.3, 0.4) is 0 Å². The van der Waals surface area contributed by atoms with Gasteiger partial charge >= 0.3 is 0 Å². The lowest BCUT2D eigenvalue weighted by molar-refractivity contribution is 0.0932. The number of sulfonamides is 1. The van der Waals surface area contributed by atoms with Crippen molar-refractivity contribution in [2.24, 2.45) is 5.14 Å². The molecule has 0 unspecified atom stereocenters. The summed E-state index contributed by atoms with van der Waals surface area (Å²) in [4.78, 5) is 24.6. The Bertz CT molecular complexity index is 1170. The highest BCUT2D eigenvalue weighted by Gasteiger charge is 2.15. The molecule has 0 saturated carbocycles. The Morgan fingerprint density at radius 2 is 1.72 bits per heavy atom. The van der Waals surface area contributed by atoms with Gasteiger partial charge in [-0.2, -0.15) is 5.10 Å². The topological polar surface area (TPSA) is 124 Å². The van der Waals surface area contributed by atoms with Gasteiger partial charge in [0.15, 0.2) is 0 Å². The second-order valence-corrected chi connectivity index (χ2v) is 8.07. The summed E-state index contributed by atoms with van der Waals surface area (Å²) >= 11 is 0. The highest BCUT2D eigenvalue weighted by molar-refractivity contribution is 7.89. The lowest BCUT2D eigenvalue weighted by atomic mass is 10.1. The van der Waals surface area contributed by atoms with Gasteiger partial charge in [0.1, 0.15) is 5.69 Å². The standard InChI is InChI=1S/C20H20N4O4S/c1-14(16-7-9-17(10-8-16)29(21,27)28)22-20(26)18-11-12-19(25)24(23-18)13-15-5-3-2-4-6-15/h2-12,14H,13H2,1H3,(H,22,26)(H2,21,27,28)/t14-/m1/s1. The molecule has 9 heteroatoms. The van der Waals surface area contributed by atoms with E-state index < -0.39 is 22.0 Å². The largest absolute Gasteiger partial charge is 0.344 e. The summed E-state index contributed by atoms with van der Waals surface area (Å²) in [5, 5.41) is 12.0. The predicted octanol–water partition coefficient (Wildman–Crippen LogP) is 1.43. The van der Waals surface area contributed by atoms with Crippen LogP contribution in [0.15, 0.2) is 76.4 Å². The van der Waals surface area contributed by atoms with Crippen molar-refractivity contribution in [3.8, 4) is 0 Å². The van der Waals surface area contributed by atoms with Crippen LogP contribution >= 0.6 is 0 Å². The van der Waals surface area contributed by atoms with Crippen molar-refractivity contribution in [1.82, 2.24) is 15.1 Å². The van der Waals surface area contributed by atoms with Gasteiger partial charge < -0.3 is 5.32 Å². The summed E-state index contributed by atoms with van der Waals surface area (Å²) in [5.41, 5.74) is 1.39. The van der Waals surface area contributed by atoms with Gasteiger partial charge in [-0.3, -0.25) is 9.59 Å². The van der Waals surface area contributed by atoms with Crippen molar-refractivity contribution in [2.45, 2.75) is 24.4 Å². The first-order valence-corrected chi connectivity index (χ1v) is 10.3. The average Bonchev–Trinajstić information content (AvgIpc) is 2.70. The van der Waals surface area contributed by atoms with E-state index in [1.165, 1.54) is 28.9 Å². The van der Waals surface area contributed by atoms with Crippen molar-refractivity contribution in [3.05, 3.63) is 93.9 Å². The Balaban J connectivity index is 1.75. The molecule has 8 nitrogen and oxygen atoms in total. The van der Waals surface area contributed by atoms with E-state index in [1.54, 1.807) is 19.1 Å². The monoisotopic (exact) mass is 412 g/mol. The van der Waals surface area contributed by atoms with Gasteiger partial charge in [0, 0.05) is 6.07 Å². The van der Waals surface area contributed by atoms with Crippen LogP contribution in [0.4, 0.5) is 0 Å². The first kappa shape index (κ1) is 20.4. The molecule has 0 aliphatic heterocycles. The minimum absolute atomic E-state index is 0.00516. The van der Waals surface area contributed by atoms with E-state index in [0.29, 0.717) is 5.56 Å². The molecule has 0 bridgehead atoms. The number of hydrogen-bond acceptors (Lipinski definition) is 5. The lowest BCUT2D eigenvalue weighted by Gasteiger charge is -2.15. The molecule has 0 aliphatic carbocycles. The van der Waals surface area contributed by atoms with Crippen LogP contribution in [0.2, 0.25) is 0 Å². The number of nitrogens with two attached hydrogens (primary N) is 1. The smallest absolute Gasteiger partial charge is 0.272 e. The lowest BCUT2D eigenvalue weighted by Crippen LogP contribution is -2.31. The molecule has 2 aromatic carbocycles. The molecular weight excluding hydrogens is 392 g/mol. The molecule has 3 N–H and O–H groups in total. The second-order valence-electron chi connectivity index (χ2n) is 6.51. The van der Waals surface area contributed by atoms with Crippen LogP contribution in [0.25, 0.3) is 0 Å². The maximum Gasteiger partial charge on any atom is 0.272 e. The maximum absolute atomic E-state index is 12.6. The Morgan fingerprint density at radius 3 is 2.34 bits per heavy atom. The zero-order valence-electron chi connectivity index (χ0n) is 15.6. The van der Waals surface area contributed by atoms with Gasteiger partial charge in [-0.05, 0) is 36.2 Å². The summed E-state index contributed by atoms with van der Waals surface area (Å²) in [5.74, 6) is -0.449. The first-order chi connectivity index (χ1) is 13.7. The molecular formula is C20H20N4O4S. The number of hydrogen-bond donors (Lipinski definition) is 2. The summed E-state index contributed by atoms with van der Waals surface area (Å²) < 4.78 is 23.9. The first-order valence-electron chi connectivity index (χ1n) is 8.80. The van der Waals surface area contributed by atoms with E-state index in [1.807, 2.05) is 30.3 Å². The molecule has 0 saturated heterocycles. The van der Waals surface area contributed by atoms with Gasteiger partial charge in [-0.25, -0.2) is 18.2 Å². The van der Waals surface area contributed by atoms with Crippen molar-refractivity contribution in [1.29, 1.82) is 0 Å². The number of carbonyl (C=O) groups is 1. The molecule has 150 valence electrons. The molecule has 29 heavy (non-hydrogen) atoms. The van der Waals surface area contributed by atoms with Crippen LogP contribution in [0.1, 0.15) is 34.6 Å². The van der Waals surface area contributed by atoms with Gasteiger partial charge in [-0.1, -0.05) is 42.5 Å². The molecule has 0 fully saturated rings. The van der Waals surface area contributed by atoms with Crippen molar-refractivity contribution in [3.63, 3.8) is 0 Å². The number of primary sulfonamides is 1. The fourth-order valence-electron chi connectivity index (χ4n) is 2.74. The van der Waals surface area contributed by atoms with Gasteiger partial charge in [0.25, 0.3) is 11.5 Å². The Kier molecular flexibility index (Phi) is 5.90. The van der Waals surface area contributed by atoms with Crippen LogP contribution in [-0.4, -0.2) is 24.1 Å². The zero-order chi connectivity index (χ0) is 21.0. The maximum atomic E-state index is 12.6. The number of aromatic nitrogens is 2. The third kappa shape index (κ3) is 5.15. The van der Waals surface area contributed by atoms with E-state index >= 15 is 0 Å². The van der Waals surface area contributed by atoms with Crippen LogP contribution in [0.5, 0.6) is 0 Å². The molecule has 0 radical (unpaired) electrons. The third-order valence-corrected chi connectivity index (χ3v) is 5.26. The van der Waals surface area contributed by atoms with Crippen molar-refractivity contribution in [2.75, 3.05) is 0 Å². The number of rotatable bonds is 6. The van der Waals surface area contributed by atoms with Crippen LogP contribution < -0.4 is 16.0 Å². The number of nitrogens with zero attached hydrogens (tertiary/aromatic N) is 2. The summed E-state index contributed by atoms with van der Waals surface area (Å²) in [6.45, 7) is 2.01. The Labute approximate surface area is 168 Å². The van der Waals surface area contributed by atoms with Gasteiger partial charge in [0.2, 0.25) is 10.0 Å². The summed E-state index contributed by atoms with van der Waals surface area (Å²) in [7, 11) is -3.78. The Morgan fingerprint density at radius 1 is 1.07 bits per heavy atom. The highest BCUT2D eigenvalue weighted by Crippen LogP contribution is 2.16. The molecule has 0 spiro atoms. The number of benzene rings is 2. The normalized spacial score (nSPS) is 12.3. The number of carbonyl (C=O) groups excluding carboxylic acids is 1. The summed E-state index contributed by atoms with van der Waals surface area (Å²) in [6.07, 6.45) is 0. The van der Waals surface area contributed by atoms with Crippen LogP contribution in [0, 0.1) is 0 Å². The number of amides is 1. The highest BCUT2D eigenvalue weighted by atomic mass is 32.2. The predicted molar refractivity (Wildman–Crippen MR) is 108 cm³/mol. The van der Waals surface area contributed by atoms with E-state index in [-0.39, 0.29) is 22.7 Å². The molecule has 1 atom stereocenters. The van der Waals surface area contributed by atoms with Gasteiger partial charge in [-0.15, -0.1) is 0 Å². The second kappa shape index (κ2) is 8.38. The fourth-order valence-corrected chi connectivity index (χ4v) is 3.26. The molecule has 3 aromatic rings. The molecule has 1 amide bonds. The van der Waals surface area contributed by atoms with Crippen LogP contribution in [-0.2, 0) is 16.6 Å². The Hall–Kier alpha value is -3.30. The third-order valence-electron chi connectivity index (χ3n) is 4.33. The number of nitrogens with one attached hydrogen (secondary N) is 1. The van der Waals surface area contributed by atoms with E-state index in [9.17, 15) is 18.0 Å². The fraction of sp³-hybridized carbons (Fsp3) is 0.150. The molecule has 3 rings (SSSR count). The summed E-state index contributed by atoms with van der Waals surface area (Å²) in [6, 6.07) is 17.5.